The molecule has 0 aliphatic rings. The zero-order valence-corrected chi connectivity index (χ0v) is 8.70. The average molecular weight is 183 g/mol. The third-order valence-corrected chi connectivity index (χ3v) is 1.30. The summed E-state index contributed by atoms with van der Waals surface area (Å²) in [6.45, 7) is 6.04. The molecule has 0 aliphatic carbocycles. The van der Waals surface area contributed by atoms with Gasteiger partial charge in [-0.2, -0.15) is 0 Å². The van der Waals surface area contributed by atoms with Crippen molar-refractivity contribution in [2.75, 3.05) is 7.11 Å². The maximum atomic E-state index is 5.07. The van der Waals surface area contributed by atoms with E-state index in [9.17, 15) is 0 Å². The van der Waals surface area contributed by atoms with Gasteiger partial charge in [-0.05, 0) is 12.5 Å². The molecule has 0 N–H and O–H groups in total. The summed E-state index contributed by atoms with van der Waals surface area (Å²) in [6.07, 6.45) is 4.41. The van der Waals surface area contributed by atoms with E-state index in [1.165, 1.54) is 6.26 Å². The Bertz CT molecular complexity index is 227. The molecule has 0 aromatic carbocycles. The van der Waals surface area contributed by atoms with Gasteiger partial charge in [0.1, 0.15) is 17.7 Å². The molecule has 0 spiro atoms. The van der Waals surface area contributed by atoms with Crippen LogP contribution in [0.3, 0.4) is 0 Å². The van der Waals surface area contributed by atoms with Crippen LogP contribution in [0.25, 0.3) is 5.76 Å². The van der Waals surface area contributed by atoms with Gasteiger partial charge in [0.25, 0.3) is 0 Å². The van der Waals surface area contributed by atoms with Crippen molar-refractivity contribution >= 4 is 5.76 Å². The molecule has 1 rings (SSSR count). The maximum Gasteiger partial charge on any atom is 0.148 e. The normalized spacial score (nSPS) is 10.3. The topological polar surface area (TPSA) is 35.3 Å². The van der Waals surface area contributed by atoms with Crippen LogP contribution in [0, 0.1) is 0 Å². The van der Waals surface area contributed by atoms with Crippen molar-refractivity contribution in [1.29, 1.82) is 0 Å². The largest absolute Gasteiger partial charge is 0.495 e. The van der Waals surface area contributed by atoms with Crippen molar-refractivity contribution in [3.8, 4) is 0 Å². The minimum absolute atomic E-state index is 0.745. The van der Waals surface area contributed by atoms with E-state index >= 15 is 0 Å². The number of methoxy groups -OCH3 is 1. The molecular formula is C10H17NO2. The van der Waals surface area contributed by atoms with Gasteiger partial charge in [0.15, 0.2) is 0 Å². The first kappa shape index (κ1) is 11.8. The Morgan fingerprint density at radius 1 is 1.62 bits per heavy atom. The van der Waals surface area contributed by atoms with Crippen LogP contribution in [0.1, 0.15) is 32.9 Å². The maximum absolute atomic E-state index is 5.07. The van der Waals surface area contributed by atoms with Crippen molar-refractivity contribution in [1.82, 2.24) is 5.16 Å². The number of ether oxygens (including phenoxy) is 1. The second-order valence-corrected chi connectivity index (χ2v) is 2.07. The molecule has 0 unspecified atom stereocenters. The van der Waals surface area contributed by atoms with Crippen molar-refractivity contribution < 1.29 is 9.26 Å². The SMILES string of the molecule is CC.CC/C=C(\OC)c1ccon1. The van der Waals surface area contributed by atoms with Gasteiger partial charge in [-0.25, -0.2) is 0 Å². The highest BCUT2D eigenvalue weighted by Gasteiger charge is 2.02. The minimum Gasteiger partial charge on any atom is -0.495 e. The Hall–Kier alpha value is -1.25. The van der Waals surface area contributed by atoms with Gasteiger partial charge >= 0.3 is 0 Å². The summed E-state index contributed by atoms with van der Waals surface area (Å²) >= 11 is 0. The monoisotopic (exact) mass is 183 g/mol. The fraction of sp³-hybridized carbons (Fsp3) is 0.500. The molecule has 13 heavy (non-hydrogen) atoms. The molecule has 0 amide bonds. The first-order valence-electron chi connectivity index (χ1n) is 4.53. The van der Waals surface area contributed by atoms with Crippen LogP contribution in [0.15, 0.2) is 22.9 Å². The van der Waals surface area contributed by atoms with E-state index < -0.39 is 0 Å². The fourth-order valence-corrected chi connectivity index (χ4v) is 0.818. The lowest BCUT2D eigenvalue weighted by Gasteiger charge is -1.99. The second kappa shape index (κ2) is 7.40. The number of hydrogen-bond donors (Lipinski definition) is 0. The number of rotatable bonds is 3. The first-order chi connectivity index (χ1) is 6.38. The molecule has 0 aliphatic heterocycles. The van der Waals surface area contributed by atoms with Crippen LogP contribution in [0.5, 0.6) is 0 Å². The summed E-state index contributed by atoms with van der Waals surface area (Å²) in [5.74, 6) is 0.765. The Kier molecular flexibility index (Phi) is 6.69. The van der Waals surface area contributed by atoms with E-state index in [4.69, 9.17) is 4.74 Å². The highest BCUT2D eigenvalue weighted by molar-refractivity contribution is 5.54. The van der Waals surface area contributed by atoms with E-state index in [0.717, 1.165) is 17.9 Å². The second-order valence-electron chi connectivity index (χ2n) is 2.07. The molecule has 74 valence electrons. The summed E-state index contributed by atoms with van der Waals surface area (Å²) < 4.78 is 9.75. The summed E-state index contributed by atoms with van der Waals surface area (Å²) in [4.78, 5) is 0. The van der Waals surface area contributed by atoms with E-state index in [0.29, 0.717) is 0 Å². The molecule has 0 atom stereocenters. The van der Waals surface area contributed by atoms with E-state index in [-0.39, 0.29) is 0 Å². The zero-order valence-electron chi connectivity index (χ0n) is 8.70. The van der Waals surface area contributed by atoms with Gasteiger partial charge in [-0.15, -0.1) is 0 Å². The van der Waals surface area contributed by atoms with Crippen molar-refractivity contribution in [2.24, 2.45) is 0 Å². The molecular weight excluding hydrogens is 166 g/mol. The Morgan fingerprint density at radius 3 is 2.69 bits per heavy atom. The molecule has 1 aromatic rings. The van der Waals surface area contributed by atoms with Gasteiger partial charge in [0.05, 0.1) is 7.11 Å². The summed E-state index contributed by atoms with van der Waals surface area (Å²) in [5, 5.41) is 3.74. The van der Waals surface area contributed by atoms with Crippen molar-refractivity contribution in [3.63, 3.8) is 0 Å². The predicted octanol–water partition coefficient (Wildman–Crippen LogP) is 3.10. The van der Waals surface area contributed by atoms with E-state index in [2.05, 4.69) is 9.68 Å². The average Bonchev–Trinajstić information content (AvgIpc) is 2.70. The zero-order chi connectivity index (χ0) is 10.1. The Morgan fingerprint density at radius 2 is 2.31 bits per heavy atom. The highest BCUT2D eigenvalue weighted by atomic mass is 16.5. The molecule has 1 heterocycles. The van der Waals surface area contributed by atoms with Gasteiger partial charge < -0.3 is 9.26 Å². The quantitative estimate of drug-likeness (QED) is 0.675. The smallest absolute Gasteiger partial charge is 0.148 e. The van der Waals surface area contributed by atoms with Crippen LogP contribution in [0.4, 0.5) is 0 Å². The molecule has 3 nitrogen and oxygen atoms in total. The Labute approximate surface area is 79.4 Å². The van der Waals surface area contributed by atoms with Gasteiger partial charge in [0, 0.05) is 6.07 Å². The third-order valence-electron chi connectivity index (χ3n) is 1.30. The van der Waals surface area contributed by atoms with Crippen LogP contribution in [-0.4, -0.2) is 12.3 Å². The van der Waals surface area contributed by atoms with E-state index in [1.807, 2.05) is 26.8 Å². The lowest BCUT2D eigenvalue weighted by molar-refractivity contribution is 0.357. The van der Waals surface area contributed by atoms with Crippen molar-refractivity contribution in [2.45, 2.75) is 27.2 Å². The molecule has 0 bridgehead atoms. The van der Waals surface area contributed by atoms with Gasteiger partial charge in [-0.1, -0.05) is 25.9 Å². The van der Waals surface area contributed by atoms with Gasteiger partial charge in [-0.3, -0.25) is 0 Å². The summed E-state index contributed by atoms with van der Waals surface area (Å²) in [6, 6.07) is 1.77. The Balaban J connectivity index is 0.000000671. The predicted molar refractivity (Wildman–Crippen MR) is 53.1 cm³/mol. The van der Waals surface area contributed by atoms with Crippen LogP contribution in [-0.2, 0) is 4.74 Å². The number of aromatic nitrogens is 1. The molecule has 0 fully saturated rings. The molecule has 0 saturated heterocycles. The van der Waals surface area contributed by atoms with Crippen LogP contribution >= 0.6 is 0 Å². The number of nitrogens with zero attached hydrogens (tertiary/aromatic N) is 1. The summed E-state index contributed by atoms with van der Waals surface area (Å²) in [5.41, 5.74) is 0.745. The molecule has 0 saturated carbocycles. The minimum atomic E-state index is 0.745. The lowest BCUT2D eigenvalue weighted by atomic mass is 10.3. The summed E-state index contributed by atoms with van der Waals surface area (Å²) in [7, 11) is 1.62. The highest BCUT2D eigenvalue weighted by Crippen LogP contribution is 2.12. The molecule has 0 radical (unpaired) electrons. The first-order valence-corrected chi connectivity index (χ1v) is 4.53. The number of hydrogen-bond acceptors (Lipinski definition) is 3. The molecule has 3 heteroatoms. The standard InChI is InChI=1S/C8H11NO2.C2H6/c1-3-4-8(10-2)7-5-6-11-9-7;1-2/h4-6H,3H2,1-2H3;1-2H3/b8-4-;. The van der Waals surface area contributed by atoms with E-state index in [1.54, 1.807) is 13.2 Å². The van der Waals surface area contributed by atoms with Crippen molar-refractivity contribution in [3.05, 3.63) is 24.1 Å². The van der Waals surface area contributed by atoms with Crippen LogP contribution in [0.2, 0.25) is 0 Å². The molecule has 1 aromatic heterocycles. The number of allylic oxidation sites excluding steroid dienone is 1. The third kappa shape index (κ3) is 3.78. The lowest BCUT2D eigenvalue weighted by Crippen LogP contribution is -1.86. The van der Waals surface area contributed by atoms with Crippen LogP contribution < -0.4 is 0 Å². The fourth-order valence-electron chi connectivity index (χ4n) is 0.818. The van der Waals surface area contributed by atoms with Gasteiger partial charge in [0.2, 0.25) is 0 Å².